The summed E-state index contributed by atoms with van der Waals surface area (Å²) in [5, 5.41) is 21.1. The average molecular weight is 334 g/mol. The fraction of sp³-hybridized carbons (Fsp3) is 0.417. The number of amides is 1. The third kappa shape index (κ3) is 2.47. The van der Waals surface area contributed by atoms with E-state index in [9.17, 15) is 19.8 Å². The summed E-state index contributed by atoms with van der Waals surface area (Å²) in [4.78, 5) is 30.0. The minimum absolute atomic E-state index is 0. The number of carbonyl (C=O) groups is 2. The van der Waals surface area contributed by atoms with Gasteiger partial charge in [0.1, 0.15) is 5.37 Å². The Morgan fingerprint density at radius 1 is 1.48 bits per heavy atom. The molecule has 106 valence electrons. The van der Waals surface area contributed by atoms with E-state index >= 15 is 0 Å². The Balaban J connectivity index is 0.00000161. The fourth-order valence-electron chi connectivity index (χ4n) is 2.44. The zero-order valence-corrected chi connectivity index (χ0v) is 15.4. The van der Waals surface area contributed by atoms with Crippen molar-refractivity contribution in [2.24, 2.45) is 5.92 Å². The van der Waals surface area contributed by atoms with Crippen LogP contribution in [0.2, 0.25) is 0 Å². The van der Waals surface area contributed by atoms with Crippen LogP contribution in [-0.2, 0) is 9.59 Å². The number of hydrogen-bond donors (Lipinski definition) is 1. The number of carboxylic acid groups (broad SMARTS) is 1. The van der Waals surface area contributed by atoms with Crippen molar-refractivity contribution in [3.63, 3.8) is 0 Å². The Morgan fingerprint density at radius 3 is 2.62 bits per heavy atom. The number of carbonyl (C=O) groups excluding carboxylic acids is 2. The summed E-state index contributed by atoms with van der Waals surface area (Å²) in [6.45, 7) is 3.37. The molecule has 3 rings (SSSR count). The molecule has 1 fully saturated rings. The molecular formula is C12H11N2NaO4S2. The number of thiazole rings is 1. The van der Waals surface area contributed by atoms with E-state index in [1.807, 2.05) is 6.92 Å². The minimum atomic E-state index is -1.37. The Kier molecular flexibility index (Phi) is 4.87. The van der Waals surface area contributed by atoms with Crippen LogP contribution in [0.15, 0.2) is 5.70 Å². The van der Waals surface area contributed by atoms with Crippen LogP contribution in [0.4, 0.5) is 0 Å². The van der Waals surface area contributed by atoms with Gasteiger partial charge in [0.05, 0.1) is 44.7 Å². The van der Waals surface area contributed by atoms with Crippen LogP contribution in [0.3, 0.4) is 0 Å². The number of β-lactam (4-membered cyclic amide) rings is 1. The van der Waals surface area contributed by atoms with Gasteiger partial charge in [-0.25, -0.2) is 4.98 Å². The van der Waals surface area contributed by atoms with Crippen molar-refractivity contribution >= 4 is 39.9 Å². The average Bonchev–Trinajstić information content (AvgIpc) is 2.87. The molecule has 6 nitrogen and oxygen atoms in total. The summed E-state index contributed by atoms with van der Waals surface area (Å²) in [7, 11) is 0. The van der Waals surface area contributed by atoms with Gasteiger partial charge in [0.15, 0.2) is 0 Å². The maximum Gasteiger partial charge on any atom is 1.00 e. The Hall–Kier alpha value is -0.380. The van der Waals surface area contributed by atoms with Crippen molar-refractivity contribution in [2.75, 3.05) is 6.61 Å². The van der Waals surface area contributed by atoms with Gasteiger partial charge in [-0.3, -0.25) is 9.69 Å². The maximum atomic E-state index is 11.9. The van der Waals surface area contributed by atoms with Crippen LogP contribution in [0.5, 0.6) is 0 Å². The first kappa shape index (κ1) is 17.0. The molecule has 0 radical (unpaired) electrons. The van der Waals surface area contributed by atoms with Crippen molar-refractivity contribution in [2.45, 2.75) is 19.2 Å². The predicted molar refractivity (Wildman–Crippen MR) is 72.3 cm³/mol. The molecule has 21 heavy (non-hydrogen) atoms. The smallest absolute Gasteiger partial charge is 0.543 e. The molecule has 1 aromatic rings. The van der Waals surface area contributed by atoms with Gasteiger partial charge in [-0.2, -0.15) is 0 Å². The molecule has 9 heteroatoms. The Morgan fingerprint density at radius 2 is 2.14 bits per heavy atom. The van der Waals surface area contributed by atoms with E-state index < -0.39 is 11.9 Å². The van der Waals surface area contributed by atoms with Crippen molar-refractivity contribution in [1.29, 1.82) is 0 Å². The number of thioether (sulfide) groups is 1. The molecular weight excluding hydrogens is 323 g/mol. The van der Waals surface area contributed by atoms with Gasteiger partial charge in [-0.05, 0) is 13.8 Å². The number of aliphatic hydroxyl groups is 1. The molecule has 2 atom stereocenters. The number of aryl methyl sites for hydroxylation is 2. The zero-order valence-electron chi connectivity index (χ0n) is 11.7. The molecule has 2 aliphatic heterocycles. The van der Waals surface area contributed by atoms with Crippen LogP contribution in [0, 0.1) is 19.8 Å². The third-order valence-electron chi connectivity index (χ3n) is 3.35. The van der Waals surface area contributed by atoms with Crippen LogP contribution in [-0.4, -0.2) is 38.8 Å². The molecule has 0 aliphatic carbocycles. The van der Waals surface area contributed by atoms with Gasteiger partial charge in [-0.15, -0.1) is 11.3 Å². The summed E-state index contributed by atoms with van der Waals surface area (Å²) in [6, 6.07) is 0. The first-order valence-electron chi connectivity index (χ1n) is 5.96. The number of carboxylic acids is 1. The van der Waals surface area contributed by atoms with Crippen molar-refractivity contribution in [3.8, 4) is 0 Å². The van der Waals surface area contributed by atoms with Crippen molar-refractivity contribution in [1.82, 2.24) is 9.88 Å². The molecule has 0 saturated carbocycles. The van der Waals surface area contributed by atoms with Crippen LogP contribution in [0.25, 0.3) is 4.91 Å². The van der Waals surface area contributed by atoms with Crippen molar-refractivity contribution < 1.29 is 49.4 Å². The molecule has 1 aromatic heterocycles. The van der Waals surface area contributed by atoms with E-state index in [2.05, 4.69) is 4.98 Å². The number of aliphatic carboxylic acids is 1. The van der Waals surface area contributed by atoms with E-state index in [0.717, 1.165) is 15.6 Å². The summed E-state index contributed by atoms with van der Waals surface area (Å²) >= 11 is 2.68. The number of nitrogens with zero attached hydrogens (tertiary/aromatic N) is 2. The summed E-state index contributed by atoms with van der Waals surface area (Å²) in [5.74, 6) is -2.27. The van der Waals surface area contributed by atoms with Gasteiger partial charge in [-0.1, -0.05) is 11.8 Å². The summed E-state index contributed by atoms with van der Waals surface area (Å²) in [6.07, 6.45) is 0. The van der Waals surface area contributed by atoms with Crippen LogP contribution < -0.4 is 34.7 Å². The normalized spacial score (nSPS) is 23.8. The van der Waals surface area contributed by atoms with Crippen LogP contribution >= 0.6 is 23.1 Å². The van der Waals surface area contributed by atoms with Gasteiger partial charge in [0, 0.05) is 0 Å². The monoisotopic (exact) mass is 334 g/mol. The van der Waals surface area contributed by atoms with Crippen LogP contribution in [0.1, 0.15) is 15.6 Å². The van der Waals surface area contributed by atoms with E-state index in [1.165, 1.54) is 28.0 Å². The quantitative estimate of drug-likeness (QED) is 0.460. The topological polar surface area (TPSA) is 93.6 Å². The third-order valence-corrected chi connectivity index (χ3v) is 5.98. The molecule has 0 spiro atoms. The second-order valence-corrected chi connectivity index (χ2v) is 6.95. The van der Waals surface area contributed by atoms with E-state index in [4.69, 9.17) is 0 Å². The van der Waals surface area contributed by atoms with E-state index in [0.29, 0.717) is 4.91 Å². The molecule has 1 saturated heterocycles. The van der Waals surface area contributed by atoms with Gasteiger partial charge >= 0.3 is 29.6 Å². The second-order valence-electron chi connectivity index (χ2n) is 4.62. The Bertz CT molecular complexity index is 658. The first-order valence-corrected chi connectivity index (χ1v) is 7.66. The zero-order chi connectivity index (χ0) is 14.6. The van der Waals surface area contributed by atoms with Gasteiger partial charge < -0.3 is 15.0 Å². The summed E-state index contributed by atoms with van der Waals surface area (Å²) in [5.41, 5.74) is 0.644. The van der Waals surface area contributed by atoms with E-state index in [1.54, 1.807) is 6.92 Å². The predicted octanol–water partition coefficient (Wildman–Crippen LogP) is -3.29. The molecule has 2 aliphatic rings. The minimum Gasteiger partial charge on any atom is -0.543 e. The van der Waals surface area contributed by atoms with Gasteiger partial charge in [0.25, 0.3) is 0 Å². The number of rotatable bonds is 3. The Labute approximate surface area is 151 Å². The molecule has 3 heterocycles. The standard InChI is InChI=1S/C12H12N2O4S2.Na/c1-4-8(19-5(2)13-4)9-7(12(17)18)14-10(16)6(3-15)11(14)20-9;/h6,11,15H,3H2,1-2H3,(H,17,18);/q;+1/p-1/t6-,11+;/m0./s1. The molecule has 1 amide bonds. The second kappa shape index (κ2) is 6.02. The molecule has 0 bridgehead atoms. The van der Waals surface area contributed by atoms with Gasteiger partial charge in [0.2, 0.25) is 5.91 Å². The summed E-state index contributed by atoms with van der Waals surface area (Å²) < 4.78 is 0. The maximum absolute atomic E-state index is 11.9. The van der Waals surface area contributed by atoms with E-state index in [-0.39, 0.29) is 53.1 Å². The number of aromatic nitrogens is 1. The number of hydrogen-bond acceptors (Lipinski definition) is 7. The van der Waals surface area contributed by atoms with Crippen molar-refractivity contribution in [3.05, 3.63) is 21.3 Å². The SMILES string of the molecule is Cc1nc(C)c(C2=C(C(=O)[O-])N3C(=O)[C@H](CO)[C@H]3S2)s1.[Na+]. The molecule has 1 N–H and O–H groups in total. The number of fused-ring (bicyclic) bond motifs is 1. The first-order chi connectivity index (χ1) is 9.45. The largest absolute Gasteiger partial charge is 1.00 e. The fourth-order valence-corrected chi connectivity index (χ4v) is 5.05. The molecule has 0 unspecified atom stereocenters. The number of aliphatic hydroxyl groups excluding tert-OH is 1. The molecule has 0 aromatic carbocycles.